The minimum Gasteiger partial charge on any atom is -0.389 e. The number of benzene rings is 1. The Balaban J connectivity index is 1.94. The fraction of sp³-hybridized carbons (Fsp3) is 0.467. The van der Waals surface area contributed by atoms with Crippen LogP contribution in [0.15, 0.2) is 36.9 Å². The molecular weight excluding hydrogens is 327 g/mol. The van der Waals surface area contributed by atoms with E-state index >= 15 is 0 Å². The lowest BCUT2D eigenvalue weighted by Gasteiger charge is -2.30. The average Bonchev–Trinajstić information content (AvgIpc) is 3.04. The number of rotatable bonds is 5. The summed E-state index contributed by atoms with van der Waals surface area (Å²) in [5, 5.41) is 14.8. The first-order chi connectivity index (χ1) is 10.8. The molecule has 0 aliphatic heterocycles. The van der Waals surface area contributed by atoms with Gasteiger partial charge in [0.25, 0.3) is 0 Å². The van der Waals surface area contributed by atoms with Crippen LogP contribution in [0.4, 0.5) is 13.2 Å². The molecule has 0 saturated heterocycles. The van der Waals surface area contributed by atoms with Crippen LogP contribution in [0, 0.1) is 6.92 Å². The zero-order valence-electron chi connectivity index (χ0n) is 12.4. The zero-order chi connectivity index (χ0) is 16.7. The molecule has 124 valence electrons. The van der Waals surface area contributed by atoms with Crippen LogP contribution < -0.4 is 0 Å². The molecule has 1 aromatic heterocycles. The number of thioether (sulfide) groups is 1. The van der Waals surface area contributed by atoms with Crippen LogP contribution in [0.5, 0.6) is 0 Å². The number of aliphatic hydroxyl groups excluding tert-OH is 1. The molecule has 23 heavy (non-hydrogen) atoms. The predicted molar refractivity (Wildman–Crippen MR) is 81.0 cm³/mol. The Morgan fingerprint density at radius 1 is 1.26 bits per heavy atom. The van der Waals surface area contributed by atoms with E-state index in [4.69, 9.17) is 0 Å². The highest BCUT2D eigenvalue weighted by Gasteiger charge is 2.58. The molecule has 0 spiro atoms. The molecule has 1 heterocycles. The highest BCUT2D eigenvalue weighted by atomic mass is 32.2. The van der Waals surface area contributed by atoms with Crippen LogP contribution in [-0.2, 0) is 0 Å². The summed E-state index contributed by atoms with van der Waals surface area (Å²) in [7, 11) is 0. The maximum Gasteiger partial charge on any atom is 0.442 e. The molecule has 2 unspecified atom stereocenters. The SMILES string of the molecule is Cc1ccc(C(C(O)C2(SC(F)(F)F)CC2)n2cncn2)cc1. The Morgan fingerprint density at radius 3 is 2.39 bits per heavy atom. The van der Waals surface area contributed by atoms with E-state index in [2.05, 4.69) is 10.1 Å². The van der Waals surface area contributed by atoms with E-state index in [0.717, 1.165) is 5.56 Å². The van der Waals surface area contributed by atoms with E-state index in [1.807, 2.05) is 19.1 Å². The van der Waals surface area contributed by atoms with Crippen LogP contribution in [0.1, 0.15) is 30.0 Å². The fourth-order valence-electron chi connectivity index (χ4n) is 2.70. The predicted octanol–water partition coefficient (Wildman–Crippen LogP) is 3.32. The van der Waals surface area contributed by atoms with Crippen molar-refractivity contribution in [2.75, 3.05) is 0 Å². The number of aryl methyl sites for hydroxylation is 1. The lowest BCUT2D eigenvalue weighted by atomic mass is 9.97. The average molecular weight is 343 g/mol. The van der Waals surface area contributed by atoms with Gasteiger partial charge in [-0.25, -0.2) is 9.67 Å². The molecule has 3 rings (SSSR count). The molecule has 0 amide bonds. The van der Waals surface area contributed by atoms with Crippen molar-refractivity contribution in [3.8, 4) is 0 Å². The molecule has 1 aliphatic carbocycles. The molecule has 8 heteroatoms. The topological polar surface area (TPSA) is 50.9 Å². The second-order valence-electron chi connectivity index (χ2n) is 5.79. The summed E-state index contributed by atoms with van der Waals surface area (Å²) in [5.41, 5.74) is -2.63. The van der Waals surface area contributed by atoms with E-state index < -0.39 is 22.4 Å². The third-order valence-corrected chi connectivity index (χ3v) is 5.33. The molecule has 2 aromatic rings. The molecule has 0 radical (unpaired) electrons. The number of halogens is 3. The molecule has 1 saturated carbocycles. The van der Waals surface area contributed by atoms with Crippen molar-refractivity contribution in [1.82, 2.24) is 14.8 Å². The van der Waals surface area contributed by atoms with E-state index in [1.165, 1.54) is 17.3 Å². The first-order valence-corrected chi connectivity index (χ1v) is 7.98. The molecule has 0 bridgehead atoms. The van der Waals surface area contributed by atoms with E-state index in [0.29, 0.717) is 18.4 Å². The molecule has 1 aromatic carbocycles. The van der Waals surface area contributed by atoms with Crippen molar-refractivity contribution in [3.05, 3.63) is 48.0 Å². The minimum atomic E-state index is -4.38. The fourth-order valence-corrected chi connectivity index (χ4v) is 3.72. The summed E-state index contributed by atoms with van der Waals surface area (Å²) in [6.45, 7) is 1.92. The van der Waals surface area contributed by atoms with Crippen molar-refractivity contribution in [2.45, 2.75) is 42.2 Å². The van der Waals surface area contributed by atoms with Crippen molar-refractivity contribution >= 4 is 11.8 Å². The Kier molecular flexibility index (Phi) is 4.14. The normalized spacial score (nSPS) is 19.3. The van der Waals surface area contributed by atoms with E-state index in [9.17, 15) is 18.3 Å². The van der Waals surface area contributed by atoms with Gasteiger partial charge < -0.3 is 5.11 Å². The zero-order valence-corrected chi connectivity index (χ0v) is 13.2. The monoisotopic (exact) mass is 343 g/mol. The minimum absolute atomic E-state index is 0.110. The highest BCUT2D eigenvalue weighted by molar-refractivity contribution is 8.01. The standard InChI is InChI=1S/C15H16F3N3OS/c1-10-2-4-11(5-3-10)12(21-9-19-8-20-21)13(22)14(6-7-14)23-15(16,17)18/h2-5,8-9,12-13,22H,6-7H2,1H3. The second kappa shape index (κ2) is 5.83. The smallest absolute Gasteiger partial charge is 0.389 e. The van der Waals surface area contributed by atoms with Gasteiger partial charge in [-0.15, -0.1) is 0 Å². The lowest BCUT2D eigenvalue weighted by Crippen LogP contribution is -2.37. The van der Waals surface area contributed by atoms with Gasteiger partial charge >= 0.3 is 5.51 Å². The molecule has 1 aliphatic rings. The first kappa shape index (κ1) is 16.3. The third kappa shape index (κ3) is 3.53. The highest BCUT2D eigenvalue weighted by Crippen LogP contribution is 2.59. The summed E-state index contributed by atoms with van der Waals surface area (Å²) in [6, 6.07) is 6.64. The molecule has 1 fully saturated rings. The Bertz CT molecular complexity index is 654. The van der Waals surface area contributed by atoms with Crippen molar-refractivity contribution in [2.24, 2.45) is 0 Å². The number of hydrogen-bond acceptors (Lipinski definition) is 4. The van der Waals surface area contributed by atoms with Gasteiger partial charge in [0.15, 0.2) is 0 Å². The van der Waals surface area contributed by atoms with Crippen molar-refractivity contribution < 1.29 is 18.3 Å². The summed E-state index contributed by atoms with van der Waals surface area (Å²) in [4.78, 5) is 3.86. The number of hydrogen-bond donors (Lipinski definition) is 1. The Morgan fingerprint density at radius 2 is 1.91 bits per heavy atom. The summed E-state index contributed by atoms with van der Waals surface area (Å²) in [5.74, 6) is 0. The van der Waals surface area contributed by atoms with Gasteiger partial charge in [0.1, 0.15) is 18.7 Å². The number of aliphatic hydroxyl groups is 1. The van der Waals surface area contributed by atoms with Crippen LogP contribution in [0.2, 0.25) is 0 Å². The maximum absolute atomic E-state index is 12.8. The molecule has 4 nitrogen and oxygen atoms in total. The van der Waals surface area contributed by atoms with Crippen LogP contribution in [0.25, 0.3) is 0 Å². The molecular formula is C15H16F3N3OS. The van der Waals surface area contributed by atoms with Gasteiger partial charge in [0.2, 0.25) is 0 Å². The summed E-state index contributed by atoms with van der Waals surface area (Å²) >= 11 is -0.110. The summed E-state index contributed by atoms with van der Waals surface area (Å²) in [6.07, 6.45) is 2.18. The van der Waals surface area contributed by atoms with Gasteiger partial charge in [-0.2, -0.15) is 18.3 Å². The van der Waals surface area contributed by atoms with Gasteiger partial charge in [-0.05, 0) is 37.1 Å². The molecule has 1 N–H and O–H groups in total. The van der Waals surface area contributed by atoms with Gasteiger partial charge in [-0.1, -0.05) is 29.8 Å². The van der Waals surface area contributed by atoms with Gasteiger partial charge in [0.05, 0.1) is 10.9 Å². The largest absolute Gasteiger partial charge is 0.442 e. The Labute approximate surface area is 135 Å². The number of alkyl halides is 3. The van der Waals surface area contributed by atoms with Crippen molar-refractivity contribution in [3.63, 3.8) is 0 Å². The third-order valence-electron chi connectivity index (χ3n) is 4.04. The Hall–Kier alpha value is -1.54. The quantitative estimate of drug-likeness (QED) is 0.905. The van der Waals surface area contributed by atoms with Crippen LogP contribution >= 0.6 is 11.8 Å². The molecule has 2 atom stereocenters. The number of aromatic nitrogens is 3. The van der Waals surface area contributed by atoms with Crippen LogP contribution in [0.3, 0.4) is 0 Å². The van der Waals surface area contributed by atoms with Crippen molar-refractivity contribution in [1.29, 1.82) is 0 Å². The van der Waals surface area contributed by atoms with Gasteiger partial charge in [0, 0.05) is 0 Å². The summed E-state index contributed by atoms with van der Waals surface area (Å²) < 4.78 is 38.7. The van der Waals surface area contributed by atoms with E-state index in [1.54, 1.807) is 12.1 Å². The van der Waals surface area contributed by atoms with E-state index in [-0.39, 0.29) is 11.8 Å². The van der Waals surface area contributed by atoms with Crippen LogP contribution in [-0.4, -0.2) is 36.2 Å². The number of nitrogens with zero attached hydrogens (tertiary/aromatic N) is 3. The lowest BCUT2D eigenvalue weighted by molar-refractivity contribution is -0.0352. The maximum atomic E-state index is 12.8. The van der Waals surface area contributed by atoms with Gasteiger partial charge in [-0.3, -0.25) is 0 Å². The first-order valence-electron chi connectivity index (χ1n) is 7.16. The second-order valence-corrected chi connectivity index (χ2v) is 7.27.